The Hall–Kier alpha value is -1.25. The van der Waals surface area contributed by atoms with E-state index < -0.39 is 6.10 Å². The second kappa shape index (κ2) is 4.73. The van der Waals surface area contributed by atoms with Crippen molar-refractivity contribution in [2.75, 3.05) is 13.0 Å². The third kappa shape index (κ3) is 2.13. The van der Waals surface area contributed by atoms with Crippen molar-refractivity contribution < 1.29 is 9.84 Å². The lowest BCUT2D eigenvalue weighted by atomic mass is 10.0. The number of halogens is 1. The molecule has 0 amide bonds. The fraction of sp³-hybridized carbons (Fsp3) is 0.231. The molecule has 0 radical (unpaired) electrons. The van der Waals surface area contributed by atoms with Crippen LogP contribution in [0.4, 0.5) is 0 Å². The lowest BCUT2D eigenvalue weighted by molar-refractivity contribution is 0.203. The largest absolute Gasteiger partial charge is 0.497 e. The van der Waals surface area contributed by atoms with Crippen molar-refractivity contribution in [1.82, 2.24) is 0 Å². The summed E-state index contributed by atoms with van der Waals surface area (Å²) in [6, 6.07) is 11.6. The van der Waals surface area contributed by atoms with Crippen LogP contribution in [0.3, 0.4) is 0 Å². The van der Waals surface area contributed by atoms with Gasteiger partial charge in [0.15, 0.2) is 0 Å². The van der Waals surface area contributed by atoms with Crippen molar-refractivity contribution in [3.8, 4) is 5.75 Å². The van der Waals surface area contributed by atoms with Gasteiger partial charge in [0.2, 0.25) is 0 Å². The van der Waals surface area contributed by atoms with E-state index in [2.05, 4.69) is 0 Å². The second-order valence-electron chi connectivity index (χ2n) is 3.64. The molecule has 0 aliphatic rings. The molecule has 0 saturated heterocycles. The Morgan fingerprint density at radius 1 is 1.19 bits per heavy atom. The number of benzene rings is 2. The van der Waals surface area contributed by atoms with Crippen LogP contribution < -0.4 is 4.74 Å². The van der Waals surface area contributed by atoms with E-state index in [1.165, 1.54) is 0 Å². The number of alkyl halides is 1. The van der Waals surface area contributed by atoms with Crippen molar-refractivity contribution in [3.63, 3.8) is 0 Å². The molecule has 0 spiro atoms. The van der Waals surface area contributed by atoms with Crippen LogP contribution in [0.15, 0.2) is 36.4 Å². The monoisotopic (exact) mass is 236 g/mol. The lowest BCUT2D eigenvalue weighted by Crippen LogP contribution is -1.97. The molecule has 16 heavy (non-hydrogen) atoms. The van der Waals surface area contributed by atoms with E-state index in [1.54, 1.807) is 7.11 Å². The summed E-state index contributed by atoms with van der Waals surface area (Å²) < 4.78 is 5.15. The molecular weight excluding hydrogens is 224 g/mol. The Labute approximate surface area is 99.4 Å². The first-order chi connectivity index (χ1) is 7.74. The molecule has 0 fully saturated rings. The van der Waals surface area contributed by atoms with Gasteiger partial charge < -0.3 is 9.84 Å². The van der Waals surface area contributed by atoms with E-state index in [0.717, 1.165) is 22.1 Å². The van der Waals surface area contributed by atoms with E-state index in [4.69, 9.17) is 16.3 Å². The fourth-order valence-electron chi connectivity index (χ4n) is 1.67. The topological polar surface area (TPSA) is 29.5 Å². The van der Waals surface area contributed by atoms with E-state index in [9.17, 15) is 5.11 Å². The molecule has 84 valence electrons. The van der Waals surface area contributed by atoms with Gasteiger partial charge in [0, 0.05) is 0 Å². The van der Waals surface area contributed by atoms with Crippen LogP contribution >= 0.6 is 11.6 Å². The summed E-state index contributed by atoms with van der Waals surface area (Å²) in [4.78, 5) is 0. The summed E-state index contributed by atoms with van der Waals surface area (Å²) in [5.41, 5.74) is 0.840. The van der Waals surface area contributed by atoms with Crippen molar-refractivity contribution in [2.45, 2.75) is 6.10 Å². The van der Waals surface area contributed by atoms with Crippen LogP contribution in [-0.2, 0) is 0 Å². The van der Waals surface area contributed by atoms with Crippen molar-refractivity contribution in [3.05, 3.63) is 42.0 Å². The van der Waals surface area contributed by atoms with Crippen LogP contribution in [0.25, 0.3) is 10.8 Å². The van der Waals surface area contributed by atoms with Crippen LogP contribution in [0.1, 0.15) is 11.7 Å². The van der Waals surface area contributed by atoms with Crippen LogP contribution in [0.2, 0.25) is 0 Å². The van der Waals surface area contributed by atoms with E-state index >= 15 is 0 Å². The summed E-state index contributed by atoms with van der Waals surface area (Å²) >= 11 is 5.62. The molecular formula is C13H13ClO2. The van der Waals surface area contributed by atoms with Gasteiger partial charge in [-0.2, -0.15) is 0 Å². The average molecular weight is 237 g/mol. The highest BCUT2D eigenvalue weighted by molar-refractivity contribution is 6.18. The van der Waals surface area contributed by atoms with Gasteiger partial charge in [-0.25, -0.2) is 0 Å². The molecule has 2 aromatic carbocycles. The standard InChI is InChI=1S/C13H13ClO2/c1-16-12-5-4-9-6-11(13(15)8-14)3-2-10(9)7-12/h2-7,13,15H,8H2,1H3/t13-/m1/s1. The van der Waals surface area contributed by atoms with Gasteiger partial charge in [0.25, 0.3) is 0 Å². The number of hydrogen-bond donors (Lipinski definition) is 1. The summed E-state index contributed by atoms with van der Waals surface area (Å²) in [6.45, 7) is 0. The molecule has 3 heteroatoms. The van der Waals surface area contributed by atoms with Gasteiger partial charge in [-0.15, -0.1) is 11.6 Å². The van der Waals surface area contributed by atoms with E-state index in [0.29, 0.717) is 0 Å². The van der Waals surface area contributed by atoms with Crippen molar-refractivity contribution in [1.29, 1.82) is 0 Å². The van der Waals surface area contributed by atoms with Crippen LogP contribution in [0, 0.1) is 0 Å². The second-order valence-corrected chi connectivity index (χ2v) is 3.95. The zero-order valence-electron chi connectivity index (χ0n) is 8.98. The molecule has 0 unspecified atom stereocenters. The Balaban J connectivity index is 2.47. The van der Waals surface area contributed by atoms with E-state index in [-0.39, 0.29) is 5.88 Å². The summed E-state index contributed by atoms with van der Waals surface area (Å²) in [5.74, 6) is 1.04. The van der Waals surface area contributed by atoms with E-state index in [1.807, 2.05) is 36.4 Å². The zero-order valence-corrected chi connectivity index (χ0v) is 9.74. The molecule has 0 aromatic heterocycles. The third-order valence-electron chi connectivity index (χ3n) is 2.60. The predicted octanol–water partition coefficient (Wildman–Crippen LogP) is 3.12. The zero-order chi connectivity index (χ0) is 11.5. The SMILES string of the molecule is COc1ccc2cc([C@H](O)CCl)ccc2c1. The summed E-state index contributed by atoms with van der Waals surface area (Å²) in [6.07, 6.45) is -0.604. The average Bonchev–Trinajstić information content (AvgIpc) is 2.36. The number of ether oxygens (including phenoxy) is 1. The van der Waals surface area contributed by atoms with Gasteiger partial charge in [-0.1, -0.05) is 18.2 Å². The normalized spacial score (nSPS) is 12.7. The summed E-state index contributed by atoms with van der Waals surface area (Å²) in [5, 5.41) is 11.8. The maximum atomic E-state index is 9.63. The Morgan fingerprint density at radius 2 is 1.88 bits per heavy atom. The summed E-state index contributed by atoms with van der Waals surface area (Å²) in [7, 11) is 1.65. The number of methoxy groups -OCH3 is 1. The van der Waals surface area contributed by atoms with Gasteiger partial charge in [0.1, 0.15) is 5.75 Å². The van der Waals surface area contributed by atoms with Crippen LogP contribution in [0.5, 0.6) is 5.75 Å². The lowest BCUT2D eigenvalue weighted by Gasteiger charge is -2.09. The quantitative estimate of drug-likeness (QED) is 0.830. The van der Waals surface area contributed by atoms with Gasteiger partial charge >= 0.3 is 0 Å². The molecule has 1 atom stereocenters. The smallest absolute Gasteiger partial charge is 0.119 e. The minimum absolute atomic E-state index is 0.210. The highest BCUT2D eigenvalue weighted by Gasteiger charge is 2.06. The number of fused-ring (bicyclic) bond motifs is 1. The van der Waals surface area contributed by atoms with Gasteiger partial charge in [-0.3, -0.25) is 0 Å². The number of aliphatic hydroxyl groups excluding tert-OH is 1. The Morgan fingerprint density at radius 3 is 2.56 bits per heavy atom. The molecule has 2 rings (SSSR count). The molecule has 2 nitrogen and oxygen atoms in total. The first kappa shape index (κ1) is 11.2. The fourth-order valence-corrected chi connectivity index (χ4v) is 1.84. The number of hydrogen-bond acceptors (Lipinski definition) is 2. The number of aliphatic hydroxyl groups is 1. The van der Waals surface area contributed by atoms with Gasteiger partial charge in [0.05, 0.1) is 19.1 Å². The molecule has 0 aliphatic carbocycles. The Kier molecular flexibility index (Phi) is 3.32. The Bertz CT molecular complexity index is 496. The molecule has 0 aliphatic heterocycles. The predicted molar refractivity (Wildman–Crippen MR) is 66.2 cm³/mol. The highest BCUT2D eigenvalue weighted by atomic mass is 35.5. The maximum Gasteiger partial charge on any atom is 0.119 e. The first-order valence-corrected chi connectivity index (χ1v) is 5.60. The highest BCUT2D eigenvalue weighted by Crippen LogP contribution is 2.24. The van der Waals surface area contributed by atoms with Gasteiger partial charge in [-0.05, 0) is 34.5 Å². The van der Waals surface area contributed by atoms with Crippen LogP contribution in [-0.4, -0.2) is 18.1 Å². The van der Waals surface area contributed by atoms with Crippen molar-refractivity contribution >= 4 is 22.4 Å². The molecule has 1 N–H and O–H groups in total. The molecule has 0 bridgehead atoms. The first-order valence-electron chi connectivity index (χ1n) is 5.06. The number of rotatable bonds is 3. The third-order valence-corrected chi connectivity index (χ3v) is 2.89. The van der Waals surface area contributed by atoms with Crippen molar-refractivity contribution in [2.24, 2.45) is 0 Å². The molecule has 2 aromatic rings. The maximum absolute atomic E-state index is 9.63. The molecule has 0 heterocycles. The minimum Gasteiger partial charge on any atom is -0.497 e. The minimum atomic E-state index is -0.604. The molecule has 0 saturated carbocycles.